The van der Waals surface area contributed by atoms with E-state index in [0.717, 1.165) is 17.2 Å². The van der Waals surface area contributed by atoms with Crippen molar-refractivity contribution in [3.8, 4) is 0 Å². The summed E-state index contributed by atoms with van der Waals surface area (Å²) in [6, 6.07) is 0. The third-order valence-corrected chi connectivity index (χ3v) is 2.74. The summed E-state index contributed by atoms with van der Waals surface area (Å²) in [6.07, 6.45) is 2.05. The molecule has 0 N–H and O–H groups in total. The number of hydrogen-bond donors (Lipinski definition) is 0. The number of carbonyl (C=O) groups excluding carboxylic acids is 4. The molecule has 8 nitrogen and oxygen atoms in total. The summed E-state index contributed by atoms with van der Waals surface area (Å²) in [5.41, 5.74) is -0.689. The Morgan fingerprint density at radius 2 is 1.67 bits per heavy atom. The minimum absolute atomic E-state index is 0.0848. The van der Waals surface area contributed by atoms with E-state index < -0.39 is 35.1 Å². The van der Waals surface area contributed by atoms with Gasteiger partial charge in [0.15, 0.2) is 0 Å². The van der Waals surface area contributed by atoms with Crippen molar-refractivity contribution in [2.75, 3.05) is 6.61 Å². The van der Waals surface area contributed by atoms with E-state index in [1.165, 1.54) is 0 Å². The van der Waals surface area contributed by atoms with E-state index in [4.69, 9.17) is 9.68 Å². The predicted molar refractivity (Wildman–Crippen MR) is 67.7 cm³/mol. The summed E-state index contributed by atoms with van der Waals surface area (Å²) in [5, 5.41) is 1.28. The molecule has 2 heterocycles. The van der Waals surface area contributed by atoms with E-state index in [-0.39, 0.29) is 13.0 Å². The molecule has 0 aliphatic carbocycles. The van der Waals surface area contributed by atoms with Crippen molar-refractivity contribution in [2.24, 2.45) is 5.92 Å². The van der Waals surface area contributed by atoms with Gasteiger partial charge in [-0.25, -0.2) is 0 Å². The van der Waals surface area contributed by atoms with Crippen molar-refractivity contribution in [1.29, 1.82) is 0 Å². The van der Waals surface area contributed by atoms with Gasteiger partial charge in [0.2, 0.25) is 0 Å². The molecule has 114 valence electrons. The predicted octanol–water partition coefficient (Wildman–Crippen LogP) is -0.0518. The minimum atomic E-state index is -0.777. The lowest BCUT2D eigenvalue weighted by molar-refractivity contribution is -0.221. The van der Waals surface area contributed by atoms with E-state index >= 15 is 0 Å². The number of hydroxylamine groups is 4. The zero-order valence-corrected chi connectivity index (χ0v) is 12.0. The molecule has 0 aromatic carbocycles. The standard InChI is InChI=1S/C13H16N2O6/c1-13(2,3)21-15-11(18)6-8(12(15)19)7-20-14-9(16)4-5-10(14)17/h4-5,8H,6-7H2,1-3H3. The van der Waals surface area contributed by atoms with Gasteiger partial charge in [0, 0.05) is 18.6 Å². The Hall–Kier alpha value is -2.06. The lowest BCUT2D eigenvalue weighted by Gasteiger charge is -2.25. The van der Waals surface area contributed by atoms with Gasteiger partial charge in [0.05, 0.1) is 18.1 Å². The van der Waals surface area contributed by atoms with E-state index in [9.17, 15) is 19.2 Å². The fraction of sp³-hybridized carbons (Fsp3) is 0.538. The second-order valence-electron chi connectivity index (χ2n) is 5.73. The maximum atomic E-state index is 12.1. The van der Waals surface area contributed by atoms with Gasteiger partial charge in [-0.1, -0.05) is 0 Å². The van der Waals surface area contributed by atoms with Crippen molar-refractivity contribution >= 4 is 23.6 Å². The third-order valence-electron chi connectivity index (χ3n) is 2.74. The molecule has 0 radical (unpaired) electrons. The molecular weight excluding hydrogens is 280 g/mol. The van der Waals surface area contributed by atoms with Crippen LogP contribution in [0, 0.1) is 5.92 Å². The molecule has 1 saturated heterocycles. The molecular formula is C13H16N2O6. The van der Waals surface area contributed by atoms with Crippen LogP contribution < -0.4 is 0 Å². The van der Waals surface area contributed by atoms with Crippen LogP contribution in [0.15, 0.2) is 12.2 Å². The van der Waals surface area contributed by atoms with Crippen molar-refractivity contribution in [1.82, 2.24) is 10.1 Å². The van der Waals surface area contributed by atoms with E-state index in [2.05, 4.69) is 0 Å². The Labute approximate surface area is 121 Å². The van der Waals surface area contributed by atoms with Crippen molar-refractivity contribution in [3.05, 3.63) is 12.2 Å². The fourth-order valence-corrected chi connectivity index (χ4v) is 1.85. The van der Waals surface area contributed by atoms with E-state index in [1.54, 1.807) is 20.8 Å². The van der Waals surface area contributed by atoms with Crippen molar-refractivity contribution < 1.29 is 28.9 Å². The molecule has 21 heavy (non-hydrogen) atoms. The van der Waals surface area contributed by atoms with Gasteiger partial charge in [-0.2, -0.15) is 5.06 Å². The molecule has 1 atom stereocenters. The summed E-state index contributed by atoms with van der Waals surface area (Å²) < 4.78 is 0. The normalized spacial score (nSPS) is 22.9. The quantitative estimate of drug-likeness (QED) is 0.675. The maximum Gasteiger partial charge on any atom is 0.277 e. The van der Waals surface area contributed by atoms with Crippen LogP contribution in [-0.2, 0) is 28.9 Å². The highest BCUT2D eigenvalue weighted by atomic mass is 16.7. The highest BCUT2D eigenvalue weighted by Crippen LogP contribution is 2.24. The van der Waals surface area contributed by atoms with Gasteiger partial charge >= 0.3 is 0 Å². The van der Waals surface area contributed by atoms with Crippen LogP contribution in [-0.4, -0.2) is 46.0 Å². The monoisotopic (exact) mass is 296 g/mol. The summed E-state index contributed by atoms with van der Waals surface area (Å²) in [6.45, 7) is 4.90. The Balaban J connectivity index is 1.94. The van der Waals surface area contributed by atoms with Gasteiger partial charge in [-0.3, -0.25) is 28.9 Å². The molecule has 0 aromatic heterocycles. The largest absolute Gasteiger partial charge is 0.277 e. The number of nitrogens with zero attached hydrogens (tertiary/aromatic N) is 2. The maximum absolute atomic E-state index is 12.1. The first-order valence-electron chi connectivity index (χ1n) is 6.44. The number of amides is 4. The average molecular weight is 296 g/mol. The van der Waals surface area contributed by atoms with Crippen LogP contribution in [0.5, 0.6) is 0 Å². The first-order chi connectivity index (χ1) is 9.69. The molecule has 2 aliphatic heterocycles. The molecule has 0 saturated carbocycles. The fourth-order valence-electron chi connectivity index (χ4n) is 1.85. The molecule has 0 spiro atoms. The topological polar surface area (TPSA) is 93.2 Å². The average Bonchev–Trinajstić information content (AvgIpc) is 2.81. The Morgan fingerprint density at radius 1 is 1.10 bits per heavy atom. The zero-order chi connectivity index (χ0) is 15.8. The smallest absolute Gasteiger partial charge is 0.272 e. The minimum Gasteiger partial charge on any atom is -0.272 e. The molecule has 1 fully saturated rings. The molecule has 0 aromatic rings. The van der Waals surface area contributed by atoms with Crippen LogP contribution >= 0.6 is 0 Å². The number of carbonyl (C=O) groups is 4. The summed E-state index contributed by atoms with van der Waals surface area (Å²) in [5.74, 6) is -3.01. The Morgan fingerprint density at radius 3 is 2.19 bits per heavy atom. The first kappa shape index (κ1) is 15.3. The second-order valence-corrected chi connectivity index (χ2v) is 5.73. The van der Waals surface area contributed by atoms with E-state index in [0.29, 0.717) is 5.06 Å². The van der Waals surface area contributed by atoms with Crippen LogP contribution in [0.3, 0.4) is 0 Å². The van der Waals surface area contributed by atoms with Gasteiger partial charge in [-0.05, 0) is 20.8 Å². The van der Waals surface area contributed by atoms with Crippen molar-refractivity contribution in [3.63, 3.8) is 0 Å². The first-order valence-corrected chi connectivity index (χ1v) is 6.44. The van der Waals surface area contributed by atoms with Gasteiger partial charge in [-0.15, -0.1) is 5.06 Å². The molecule has 4 amide bonds. The molecule has 2 rings (SSSR count). The van der Waals surface area contributed by atoms with Crippen LogP contribution in [0.2, 0.25) is 0 Å². The van der Waals surface area contributed by atoms with Crippen LogP contribution in [0.25, 0.3) is 0 Å². The summed E-state index contributed by atoms with van der Waals surface area (Å²) >= 11 is 0. The number of imide groups is 2. The zero-order valence-electron chi connectivity index (χ0n) is 12.0. The van der Waals surface area contributed by atoms with E-state index in [1.807, 2.05) is 0 Å². The molecule has 2 aliphatic rings. The second kappa shape index (κ2) is 5.38. The molecule has 8 heteroatoms. The van der Waals surface area contributed by atoms with Gasteiger partial charge in [0.1, 0.15) is 0 Å². The van der Waals surface area contributed by atoms with Crippen molar-refractivity contribution in [2.45, 2.75) is 32.8 Å². The van der Waals surface area contributed by atoms with Gasteiger partial charge in [0.25, 0.3) is 23.6 Å². The Bertz CT molecular complexity index is 515. The summed E-state index contributed by atoms with van der Waals surface area (Å²) in [4.78, 5) is 56.7. The third kappa shape index (κ3) is 3.34. The Kier molecular flexibility index (Phi) is 3.93. The lowest BCUT2D eigenvalue weighted by atomic mass is 10.1. The highest BCUT2D eigenvalue weighted by Gasteiger charge is 2.42. The number of rotatable bonds is 4. The lowest BCUT2D eigenvalue weighted by Crippen LogP contribution is -2.39. The van der Waals surface area contributed by atoms with Gasteiger partial charge < -0.3 is 0 Å². The van der Waals surface area contributed by atoms with Crippen LogP contribution in [0.1, 0.15) is 27.2 Å². The molecule has 0 bridgehead atoms. The molecule has 1 unspecified atom stereocenters. The highest BCUT2D eigenvalue weighted by molar-refractivity contribution is 6.11. The van der Waals surface area contributed by atoms with Crippen LogP contribution in [0.4, 0.5) is 0 Å². The summed E-state index contributed by atoms with van der Waals surface area (Å²) in [7, 11) is 0. The number of hydrogen-bond acceptors (Lipinski definition) is 6. The SMILES string of the molecule is CC(C)(C)ON1C(=O)CC(CON2C(=O)C=CC2=O)C1=O.